The number of β-amino-alcohol motifs (C(OH)–C–C–N with tert-alkyl or cyclic N) is 1. The third-order valence-corrected chi connectivity index (χ3v) is 4.23. The molecule has 1 fully saturated rings. The van der Waals surface area contributed by atoms with Gasteiger partial charge in [-0.2, -0.15) is 0 Å². The molecule has 2 aromatic heterocycles. The molecule has 1 unspecified atom stereocenters. The first kappa shape index (κ1) is 15.8. The van der Waals surface area contributed by atoms with Gasteiger partial charge in [0.15, 0.2) is 0 Å². The second kappa shape index (κ2) is 6.59. The largest absolute Gasteiger partial charge is 0.480 e. The van der Waals surface area contributed by atoms with Gasteiger partial charge in [0, 0.05) is 39.0 Å². The summed E-state index contributed by atoms with van der Waals surface area (Å²) in [5, 5.41) is 18.9. The molecule has 3 heterocycles. The average Bonchev–Trinajstić information content (AvgIpc) is 2.92. The Bertz CT molecular complexity index is 661. The van der Waals surface area contributed by atoms with Crippen LogP contribution in [0.4, 0.5) is 0 Å². The van der Waals surface area contributed by atoms with Gasteiger partial charge < -0.3 is 14.4 Å². The van der Waals surface area contributed by atoms with Crippen LogP contribution in [-0.2, 0) is 20.0 Å². The van der Waals surface area contributed by atoms with Crippen molar-refractivity contribution in [3.05, 3.63) is 30.2 Å². The lowest BCUT2D eigenvalue weighted by Crippen LogP contribution is -2.49. The van der Waals surface area contributed by atoms with Crippen molar-refractivity contribution in [2.24, 2.45) is 7.05 Å². The van der Waals surface area contributed by atoms with Crippen molar-refractivity contribution in [1.82, 2.24) is 29.6 Å². The van der Waals surface area contributed by atoms with E-state index in [0.717, 1.165) is 30.9 Å². The number of nitrogens with zero attached hydrogens (tertiary/aromatic N) is 6. The van der Waals surface area contributed by atoms with Crippen molar-refractivity contribution in [2.45, 2.75) is 31.4 Å². The normalized spacial score (nSPS) is 22.2. The van der Waals surface area contributed by atoms with Gasteiger partial charge in [0.25, 0.3) is 0 Å². The van der Waals surface area contributed by atoms with Gasteiger partial charge in [0.1, 0.15) is 17.8 Å². The number of ether oxygens (including phenoxy) is 1. The number of hydrogen-bond donors (Lipinski definition) is 1. The summed E-state index contributed by atoms with van der Waals surface area (Å²) in [5.74, 6) is 1.33. The van der Waals surface area contributed by atoms with E-state index in [4.69, 9.17) is 4.74 Å². The summed E-state index contributed by atoms with van der Waals surface area (Å²) in [6, 6.07) is 0. The van der Waals surface area contributed by atoms with Crippen LogP contribution in [-0.4, -0.2) is 60.5 Å². The summed E-state index contributed by atoms with van der Waals surface area (Å²) < 4.78 is 7.11. The fourth-order valence-electron chi connectivity index (χ4n) is 3.09. The molecule has 0 saturated carbocycles. The summed E-state index contributed by atoms with van der Waals surface area (Å²) in [7, 11) is 3.48. The molecule has 0 bridgehead atoms. The van der Waals surface area contributed by atoms with Crippen molar-refractivity contribution in [3.63, 3.8) is 0 Å². The Balaban J connectivity index is 1.69. The zero-order valence-electron chi connectivity index (χ0n) is 13.5. The van der Waals surface area contributed by atoms with E-state index in [9.17, 15) is 5.11 Å². The Kier molecular flexibility index (Phi) is 4.53. The first-order valence-electron chi connectivity index (χ1n) is 7.71. The van der Waals surface area contributed by atoms with Gasteiger partial charge in [-0.25, -0.2) is 4.98 Å². The summed E-state index contributed by atoms with van der Waals surface area (Å²) in [6.07, 6.45) is 7.11. The highest BCUT2D eigenvalue weighted by Crippen LogP contribution is 2.26. The molecule has 0 spiro atoms. The van der Waals surface area contributed by atoms with E-state index in [1.54, 1.807) is 25.8 Å². The zero-order chi connectivity index (χ0) is 16.3. The molecule has 0 aromatic carbocycles. The molecular formula is C15H22N6O2. The molecular weight excluding hydrogens is 296 g/mol. The van der Waals surface area contributed by atoms with Crippen LogP contribution < -0.4 is 4.74 Å². The second-order valence-electron chi connectivity index (χ2n) is 6.09. The van der Waals surface area contributed by atoms with Crippen LogP contribution in [0.2, 0.25) is 0 Å². The number of aromatic nitrogens is 5. The minimum atomic E-state index is -0.797. The lowest BCUT2D eigenvalue weighted by atomic mass is 9.89. The fraction of sp³-hybridized carbons (Fsp3) is 0.600. The predicted octanol–water partition coefficient (Wildman–Crippen LogP) is 0.183. The number of methoxy groups -OCH3 is 1. The monoisotopic (exact) mass is 318 g/mol. The van der Waals surface area contributed by atoms with Crippen LogP contribution in [0.5, 0.6) is 5.88 Å². The van der Waals surface area contributed by atoms with Gasteiger partial charge in [-0.1, -0.05) is 0 Å². The maximum absolute atomic E-state index is 11.0. The van der Waals surface area contributed by atoms with Crippen LogP contribution >= 0.6 is 0 Å². The molecule has 23 heavy (non-hydrogen) atoms. The van der Waals surface area contributed by atoms with E-state index >= 15 is 0 Å². The topological polar surface area (TPSA) is 89.2 Å². The number of likely N-dealkylation sites (tertiary alicyclic amines) is 1. The maximum Gasteiger partial charge on any atom is 0.236 e. The van der Waals surface area contributed by atoms with Gasteiger partial charge >= 0.3 is 0 Å². The third kappa shape index (κ3) is 3.65. The van der Waals surface area contributed by atoms with Crippen molar-refractivity contribution in [2.75, 3.05) is 20.2 Å². The van der Waals surface area contributed by atoms with E-state index in [-0.39, 0.29) is 0 Å². The Morgan fingerprint density at radius 2 is 2.17 bits per heavy atom. The molecule has 8 nitrogen and oxygen atoms in total. The first-order chi connectivity index (χ1) is 11.1. The Hall–Kier alpha value is -2.06. The Labute approximate surface area is 135 Å². The van der Waals surface area contributed by atoms with Gasteiger partial charge in [0.2, 0.25) is 5.88 Å². The van der Waals surface area contributed by atoms with Crippen LogP contribution in [0.1, 0.15) is 24.4 Å². The van der Waals surface area contributed by atoms with Crippen molar-refractivity contribution >= 4 is 0 Å². The maximum atomic E-state index is 11.0. The smallest absolute Gasteiger partial charge is 0.236 e. The van der Waals surface area contributed by atoms with Crippen LogP contribution in [0, 0.1) is 0 Å². The molecule has 2 aromatic rings. The molecule has 1 aliphatic rings. The molecule has 1 saturated heterocycles. The van der Waals surface area contributed by atoms with Gasteiger partial charge in [-0.15, -0.1) is 10.2 Å². The third-order valence-electron chi connectivity index (χ3n) is 4.23. The molecule has 0 radical (unpaired) electrons. The van der Waals surface area contributed by atoms with Crippen LogP contribution in [0.15, 0.2) is 18.7 Å². The summed E-state index contributed by atoms with van der Waals surface area (Å²) >= 11 is 0. The van der Waals surface area contributed by atoms with E-state index in [2.05, 4.69) is 25.1 Å². The number of aryl methyl sites for hydroxylation is 1. The average molecular weight is 318 g/mol. The van der Waals surface area contributed by atoms with E-state index in [1.165, 1.54) is 0 Å². The number of rotatable bonds is 5. The molecule has 3 rings (SSSR count). The van der Waals surface area contributed by atoms with Crippen LogP contribution in [0.25, 0.3) is 0 Å². The minimum Gasteiger partial charge on any atom is -0.480 e. The molecule has 124 valence electrons. The number of aliphatic hydroxyl groups is 1. The van der Waals surface area contributed by atoms with Crippen LogP contribution in [0.3, 0.4) is 0 Å². The van der Waals surface area contributed by atoms with Crippen molar-refractivity contribution in [3.8, 4) is 5.88 Å². The highest BCUT2D eigenvalue weighted by Gasteiger charge is 2.35. The van der Waals surface area contributed by atoms with Crippen molar-refractivity contribution in [1.29, 1.82) is 0 Å². The van der Waals surface area contributed by atoms with E-state index in [0.29, 0.717) is 25.4 Å². The van der Waals surface area contributed by atoms with Crippen molar-refractivity contribution < 1.29 is 9.84 Å². The van der Waals surface area contributed by atoms with E-state index < -0.39 is 5.60 Å². The highest BCUT2D eigenvalue weighted by molar-refractivity contribution is 5.17. The molecule has 8 heteroatoms. The molecule has 1 atom stereocenters. The molecule has 1 aliphatic heterocycles. The second-order valence-corrected chi connectivity index (χ2v) is 6.09. The molecule has 0 aliphatic carbocycles. The SMILES string of the molecule is COc1nccnc1CN1CCCC(O)(Cc2nncn2C)C1. The first-order valence-corrected chi connectivity index (χ1v) is 7.71. The fourth-order valence-corrected chi connectivity index (χ4v) is 3.09. The lowest BCUT2D eigenvalue weighted by molar-refractivity contribution is -0.0349. The number of hydrogen-bond acceptors (Lipinski definition) is 7. The lowest BCUT2D eigenvalue weighted by Gasteiger charge is -2.38. The van der Waals surface area contributed by atoms with Gasteiger partial charge in [-0.3, -0.25) is 9.88 Å². The van der Waals surface area contributed by atoms with Gasteiger partial charge in [-0.05, 0) is 19.4 Å². The molecule has 1 N–H and O–H groups in total. The minimum absolute atomic E-state index is 0.498. The Morgan fingerprint density at radius 3 is 2.91 bits per heavy atom. The predicted molar refractivity (Wildman–Crippen MR) is 82.8 cm³/mol. The van der Waals surface area contributed by atoms with E-state index in [1.807, 2.05) is 11.6 Å². The quantitative estimate of drug-likeness (QED) is 0.841. The Morgan fingerprint density at radius 1 is 1.35 bits per heavy atom. The summed E-state index contributed by atoms with van der Waals surface area (Å²) in [5.41, 5.74) is -0.00741. The van der Waals surface area contributed by atoms with Gasteiger partial charge in [0.05, 0.1) is 12.7 Å². The highest BCUT2D eigenvalue weighted by atomic mass is 16.5. The summed E-state index contributed by atoms with van der Waals surface area (Å²) in [6.45, 7) is 2.10. The standard InChI is InChI=1S/C15H22N6O2/c1-20-11-18-19-13(20)8-15(22)4-3-7-21(10-15)9-12-14(23-2)17-6-5-16-12/h5-6,11,22H,3-4,7-10H2,1-2H3. The summed E-state index contributed by atoms with van der Waals surface area (Å²) in [4.78, 5) is 10.7. The number of piperidine rings is 1. The molecule has 0 amide bonds. The zero-order valence-corrected chi connectivity index (χ0v) is 13.5.